The van der Waals surface area contributed by atoms with Crippen molar-refractivity contribution in [3.05, 3.63) is 65.0 Å². The van der Waals surface area contributed by atoms with E-state index in [4.69, 9.17) is 4.74 Å². The molecule has 1 amide bonds. The van der Waals surface area contributed by atoms with Gasteiger partial charge in [-0.2, -0.15) is 0 Å². The maximum absolute atomic E-state index is 12.4. The van der Waals surface area contributed by atoms with Gasteiger partial charge in [0.2, 0.25) is 0 Å². The van der Waals surface area contributed by atoms with Crippen molar-refractivity contribution >= 4 is 16.9 Å². The summed E-state index contributed by atoms with van der Waals surface area (Å²) in [4.78, 5) is 21.4. The number of rotatable bonds is 6. The highest BCUT2D eigenvalue weighted by Crippen LogP contribution is 2.15. The van der Waals surface area contributed by atoms with E-state index in [1.54, 1.807) is 19.2 Å². The van der Waals surface area contributed by atoms with Gasteiger partial charge >= 0.3 is 0 Å². The molecule has 5 nitrogen and oxygen atoms in total. The first-order valence-corrected chi connectivity index (χ1v) is 8.73. The molecular weight excluding hydrogens is 326 g/mol. The van der Waals surface area contributed by atoms with E-state index in [1.165, 1.54) is 5.56 Å². The minimum atomic E-state index is -0.0818. The Kier molecular flexibility index (Phi) is 5.46. The molecule has 1 aromatic heterocycles. The van der Waals surface area contributed by atoms with Gasteiger partial charge in [-0.3, -0.25) is 4.79 Å². The topological polar surface area (TPSA) is 64.1 Å². The Morgan fingerprint density at radius 1 is 1.00 bits per heavy atom. The van der Waals surface area contributed by atoms with E-state index < -0.39 is 0 Å². The highest BCUT2D eigenvalue weighted by Gasteiger charge is 2.08. The lowest BCUT2D eigenvalue weighted by molar-refractivity contribution is 0.0953. The number of benzene rings is 2. The van der Waals surface area contributed by atoms with Crippen LogP contribution >= 0.6 is 0 Å². The van der Waals surface area contributed by atoms with Crippen molar-refractivity contribution in [3.8, 4) is 5.75 Å². The summed E-state index contributed by atoms with van der Waals surface area (Å²) >= 11 is 0. The Bertz CT molecular complexity index is 920. The van der Waals surface area contributed by atoms with E-state index in [2.05, 4.69) is 15.3 Å². The lowest BCUT2D eigenvalue weighted by atomic mass is 10.1. The third kappa shape index (κ3) is 4.17. The molecule has 0 unspecified atom stereocenters. The fourth-order valence-electron chi connectivity index (χ4n) is 2.76. The third-order valence-electron chi connectivity index (χ3n) is 4.42. The van der Waals surface area contributed by atoms with E-state index in [1.807, 2.05) is 44.2 Å². The molecule has 0 saturated heterocycles. The maximum atomic E-state index is 12.4. The Morgan fingerprint density at radius 2 is 1.69 bits per heavy atom. The first kappa shape index (κ1) is 17.9. The average molecular weight is 349 g/mol. The molecule has 3 aromatic rings. The molecule has 0 aliphatic heterocycles. The van der Waals surface area contributed by atoms with Gasteiger partial charge in [0.1, 0.15) is 5.75 Å². The number of ether oxygens (including phenoxy) is 1. The fraction of sp³-hybridized carbons (Fsp3) is 0.286. The van der Waals surface area contributed by atoms with Crippen LogP contribution in [0.15, 0.2) is 42.5 Å². The Hall–Kier alpha value is -2.95. The zero-order chi connectivity index (χ0) is 18.5. The van der Waals surface area contributed by atoms with Crippen LogP contribution in [-0.2, 0) is 6.42 Å². The second-order valence-corrected chi connectivity index (χ2v) is 6.31. The van der Waals surface area contributed by atoms with Gasteiger partial charge in [-0.1, -0.05) is 12.1 Å². The van der Waals surface area contributed by atoms with Gasteiger partial charge in [0.25, 0.3) is 5.91 Å². The number of nitrogens with zero attached hydrogens (tertiary/aromatic N) is 2. The molecule has 134 valence electrons. The van der Waals surface area contributed by atoms with Crippen LogP contribution < -0.4 is 10.1 Å². The van der Waals surface area contributed by atoms with Gasteiger partial charge in [-0.15, -0.1) is 0 Å². The van der Waals surface area contributed by atoms with Crippen molar-refractivity contribution in [2.45, 2.75) is 26.7 Å². The molecule has 5 heteroatoms. The van der Waals surface area contributed by atoms with E-state index in [9.17, 15) is 4.79 Å². The summed E-state index contributed by atoms with van der Waals surface area (Å²) < 4.78 is 5.15. The van der Waals surface area contributed by atoms with Crippen LogP contribution in [0.2, 0.25) is 0 Å². The molecule has 0 radical (unpaired) electrons. The molecule has 26 heavy (non-hydrogen) atoms. The van der Waals surface area contributed by atoms with Crippen molar-refractivity contribution in [1.29, 1.82) is 0 Å². The average Bonchev–Trinajstić information content (AvgIpc) is 2.66. The van der Waals surface area contributed by atoms with E-state index in [0.717, 1.165) is 41.0 Å². The van der Waals surface area contributed by atoms with Crippen LogP contribution in [0, 0.1) is 13.8 Å². The fourth-order valence-corrected chi connectivity index (χ4v) is 2.76. The maximum Gasteiger partial charge on any atom is 0.251 e. The van der Waals surface area contributed by atoms with Crippen molar-refractivity contribution < 1.29 is 9.53 Å². The van der Waals surface area contributed by atoms with Gasteiger partial charge in [-0.25, -0.2) is 9.97 Å². The lowest BCUT2D eigenvalue weighted by Gasteiger charge is -2.08. The highest BCUT2D eigenvalue weighted by molar-refractivity contribution is 5.97. The number of carbonyl (C=O) groups excluding carboxylic acids is 1. The number of nitrogens with one attached hydrogen (secondary N) is 1. The number of carbonyl (C=O) groups is 1. The van der Waals surface area contributed by atoms with Crippen LogP contribution in [0.5, 0.6) is 5.75 Å². The zero-order valence-corrected chi connectivity index (χ0v) is 15.4. The molecule has 1 heterocycles. The summed E-state index contributed by atoms with van der Waals surface area (Å²) in [6, 6.07) is 13.4. The molecule has 2 aromatic carbocycles. The number of aryl methyl sites for hydroxylation is 3. The van der Waals surface area contributed by atoms with Gasteiger partial charge in [0.15, 0.2) is 0 Å². The number of hydrogen-bond acceptors (Lipinski definition) is 4. The van der Waals surface area contributed by atoms with Crippen LogP contribution in [0.3, 0.4) is 0 Å². The summed E-state index contributed by atoms with van der Waals surface area (Å²) in [5.41, 5.74) is 5.19. The molecular formula is C21H23N3O2. The van der Waals surface area contributed by atoms with Gasteiger partial charge < -0.3 is 10.1 Å². The summed E-state index contributed by atoms with van der Waals surface area (Å²) in [6.45, 7) is 4.49. The minimum Gasteiger partial charge on any atom is -0.497 e. The van der Waals surface area contributed by atoms with Crippen LogP contribution in [0.4, 0.5) is 0 Å². The van der Waals surface area contributed by atoms with E-state index in [-0.39, 0.29) is 5.91 Å². The largest absolute Gasteiger partial charge is 0.497 e. The molecule has 0 fully saturated rings. The quantitative estimate of drug-likeness (QED) is 0.691. The summed E-state index contributed by atoms with van der Waals surface area (Å²) in [7, 11) is 1.66. The monoisotopic (exact) mass is 349 g/mol. The normalized spacial score (nSPS) is 10.7. The molecule has 0 bridgehead atoms. The predicted molar refractivity (Wildman–Crippen MR) is 103 cm³/mol. The van der Waals surface area contributed by atoms with E-state index in [0.29, 0.717) is 12.1 Å². The Morgan fingerprint density at radius 3 is 2.38 bits per heavy atom. The van der Waals surface area contributed by atoms with Crippen LogP contribution in [0.1, 0.15) is 33.7 Å². The van der Waals surface area contributed by atoms with Gasteiger partial charge in [0.05, 0.1) is 29.5 Å². The number of amides is 1. The SMILES string of the molecule is COc1ccc(CCCNC(=O)c2ccc3nc(C)c(C)nc3c2)cc1. The number of aromatic nitrogens is 2. The zero-order valence-electron chi connectivity index (χ0n) is 15.4. The second kappa shape index (κ2) is 7.95. The summed E-state index contributed by atoms with van der Waals surface area (Å²) in [5, 5.41) is 2.97. The second-order valence-electron chi connectivity index (χ2n) is 6.31. The van der Waals surface area contributed by atoms with Crippen LogP contribution in [-0.4, -0.2) is 29.5 Å². The van der Waals surface area contributed by atoms with Crippen molar-refractivity contribution in [2.24, 2.45) is 0 Å². The van der Waals surface area contributed by atoms with E-state index >= 15 is 0 Å². The molecule has 0 aliphatic carbocycles. The number of fused-ring (bicyclic) bond motifs is 1. The van der Waals surface area contributed by atoms with Crippen molar-refractivity contribution in [3.63, 3.8) is 0 Å². The molecule has 1 N–H and O–H groups in total. The number of hydrogen-bond donors (Lipinski definition) is 1. The highest BCUT2D eigenvalue weighted by atomic mass is 16.5. The predicted octanol–water partition coefficient (Wildman–Crippen LogP) is 3.62. The molecule has 0 saturated carbocycles. The van der Waals surface area contributed by atoms with Gasteiger partial charge in [0, 0.05) is 12.1 Å². The lowest BCUT2D eigenvalue weighted by Crippen LogP contribution is -2.24. The van der Waals surface area contributed by atoms with Crippen LogP contribution in [0.25, 0.3) is 11.0 Å². The number of methoxy groups -OCH3 is 1. The van der Waals surface area contributed by atoms with Crippen molar-refractivity contribution in [1.82, 2.24) is 15.3 Å². The first-order valence-electron chi connectivity index (χ1n) is 8.73. The summed E-state index contributed by atoms with van der Waals surface area (Å²) in [5.74, 6) is 0.772. The minimum absolute atomic E-state index is 0.0818. The summed E-state index contributed by atoms with van der Waals surface area (Å²) in [6.07, 6.45) is 1.79. The Labute approximate surface area is 153 Å². The molecule has 0 aliphatic rings. The Balaban J connectivity index is 1.56. The third-order valence-corrected chi connectivity index (χ3v) is 4.42. The molecule has 0 atom stereocenters. The standard InChI is InChI=1S/C21H23N3O2/c1-14-15(2)24-20-13-17(8-11-19(20)23-14)21(25)22-12-4-5-16-6-9-18(26-3)10-7-16/h6-11,13H,4-5,12H2,1-3H3,(H,22,25). The first-order chi connectivity index (χ1) is 12.6. The smallest absolute Gasteiger partial charge is 0.251 e. The van der Waals surface area contributed by atoms with Crippen molar-refractivity contribution in [2.75, 3.05) is 13.7 Å². The van der Waals surface area contributed by atoms with Gasteiger partial charge in [-0.05, 0) is 62.6 Å². The molecule has 0 spiro atoms. The molecule has 3 rings (SSSR count).